The number of hydrogen-bond acceptors (Lipinski definition) is 6. The molecule has 0 saturated carbocycles. The summed E-state index contributed by atoms with van der Waals surface area (Å²) in [5.74, 6) is -0.885. The molecular weight excluding hydrogens is 318 g/mol. The van der Waals surface area contributed by atoms with Gasteiger partial charge in [0.05, 0.1) is 13.4 Å². The number of piperazine rings is 1. The molecule has 2 N–H and O–H groups in total. The van der Waals surface area contributed by atoms with Gasteiger partial charge in [-0.3, -0.25) is 9.69 Å². The zero-order valence-electron chi connectivity index (χ0n) is 13.4. The fourth-order valence-corrected chi connectivity index (χ4v) is 2.50. The second-order valence-corrected chi connectivity index (χ2v) is 5.43. The van der Waals surface area contributed by atoms with Gasteiger partial charge in [-0.1, -0.05) is 0 Å². The highest BCUT2D eigenvalue weighted by Gasteiger charge is 2.26. The van der Waals surface area contributed by atoms with Crippen LogP contribution in [0.25, 0.3) is 0 Å². The van der Waals surface area contributed by atoms with E-state index >= 15 is 0 Å². The van der Waals surface area contributed by atoms with E-state index in [1.165, 1.54) is 24.3 Å². The number of esters is 1. The number of carboxylic acid groups (broad SMARTS) is 1. The molecule has 1 fully saturated rings. The number of nitrogens with zero attached hydrogens (tertiary/aromatic N) is 2. The van der Waals surface area contributed by atoms with Crippen molar-refractivity contribution >= 4 is 18.0 Å². The SMILES string of the molecule is COC(=O)C(CCN1CCN(C(=O)O)CC1)NC(=O)c1ccco1. The molecule has 1 saturated heterocycles. The van der Waals surface area contributed by atoms with Gasteiger partial charge in [0, 0.05) is 32.7 Å². The van der Waals surface area contributed by atoms with Gasteiger partial charge >= 0.3 is 12.1 Å². The van der Waals surface area contributed by atoms with E-state index in [1.807, 2.05) is 0 Å². The van der Waals surface area contributed by atoms with E-state index in [-0.39, 0.29) is 5.76 Å². The molecule has 0 aliphatic carbocycles. The molecule has 2 rings (SSSR count). The maximum absolute atomic E-state index is 12.0. The Hall–Kier alpha value is -2.55. The van der Waals surface area contributed by atoms with E-state index in [0.717, 1.165) is 0 Å². The minimum atomic E-state index is -0.923. The molecule has 0 bridgehead atoms. The normalized spacial score (nSPS) is 16.5. The summed E-state index contributed by atoms with van der Waals surface area (Å²) in [5.41, 5.74) is 0. The number of hydrogen-bond donors (Lipinski definition) is 2. The van der Waals surface area contributed by atoms with Gasteiger partial charge in [-0.05, 0) is 18.6 Å². The van der Waals surface area contributed by atoms with Crippen molar-refractivity contribution in [1.82, 2.24) is 15.1 Å². The molecule has 9 heteroatoms. The molecule has 24 heavy (non-hydrogen) atoms. The molecule has 0 spiro atoms. The van der Waals surface area contributed by atoms with Crippen LogP contribution in [-0.2, 0) is 9.53 Å². The first kappa shape index (κ1) is 17.8. The average Bonchev–Trinajstić information content (AvgIpc) is 3.12. The summed E-state index contributed by atoms with van der Waals surface area (Å²) in [7, 11) is 1.26. The number of carbonyl (C=O) groups is 3. The lowest BCUT2D eigenvalue weighted by Gasteiger charge is -2.33. The van der Waals surface area contributed by atoms with E-state index in [2.05, 4.69) is 10.2 Å². The number of nitrogens with one attached hydrogen (secondary N) is 1. The molecule has 1 aromatic rings. The van der Waals surface area contributed by atoms with Crippen LogP contribution in [0.1, 0.15) is 17.0 Å². The van der Waals surface area contributed by atoms with Crippen LogP contribution in [0.5, 0.6) is 0 Å². The second kappa shape index (κ2) is 8.34. The van der Waals surface area contributed by atoms with Crippen molar-refractivity contribution in [3.8, 4) is 0 Å². The number of rotatable bonds is 6. The lowest BCUT2D eigenvalue weighted by molar-refractivity contribution is -0.143. The smallest absolute Gasteiger partial charge is 0.407 e. The van der Waals surface area contributed by atoms with E-state index in [9.17, 15) is 14.4 Å². The first-order valence-corrected chi connectivity index (χ1v) is 7.63. The summed E-state index contributed by atoms with van der Waals surface area (Å²) in [5, 5.41) is 11.5. The summed E-state index contributed by atoms with van der Waals surface area (Å²) < 4.78 is 9.73. The molecule has 1 aliphatic heterocycles. The summed E-state index contributed by atoms with van der Waals surface area (Å²) in [4.78, 5) is 38.1. The van der Waals surface area contributed by atoms with Crippen LogP contribution in [0, 0.1) is 0 Å². The van der Waals surface area contributed by atoms with Crippen molar-refractivity contribution in [3.63, 3.8) is 0 Å². The lowest BCUT2D eigenvalue weighted by atomic mass is 10.1. The molecule has 0 aromatic carbocycles. The monoisotopic (exact) mass is 339 g/mol. The summed E-state index contributed by atoms with van der Waals surface area (Å²) in [6.07, 6.45) is 0.823. The molecule has 0 radical (unpaired) electrons. The van der Waals surface area contributed by atoms with Gasteiger partial charge in [0.25, 0.3) is 5.91 Å². The van der Waals surface area contributed by atoms with Gasteiger partial charge in [-0.2, -0.15) is 0 Å². The second-order valence-electron chi connectivity index (χ2n) is 5.43. The Kier molecular flexibility index (Phi) is 6.19. The van der Waals surface area contributed by atoms with Crippen LogP contribution < -0.4 is 5.32 Å². The number of carbonyl (C=O) groups excluding carboxylic acids is 2. The van der Waals surface area contributed by atoms with Crippen molar-refractivity contribution in [2.45, 2.75) is 12.5 Å². The van der Waals surface area contributed by atoms with Crippen LogP contribution in [0.4, 0.5) is 4.79 Å². The van der Waals surface area contributed by atoms with Gasteiger partial charge < -0.3 is 24.5 Å². The largest absolute Gasteiger partial charge is 0.467 e. The topological polar surface area (TPSA) is 112 Å². The molecule has 9 nitrogen and oxygen atoms in total. The summed E-state index contributed by atoms with van der Waals surface area (Å²) in [6.45, 7) is 2.58. The number of furan rings is 1. The third-order valence-corrected chi connectivity index (χ3v) is 3.91. The predicted molar refractivity (Wildman–Crippen MR) is 82.6 cm³/mol. The van der Waals surface area contributed by atoms with E-state index in [1.54, 1.807) is 6.07 Å². The Morgan fingerprint density at radius 2 is 2.04 bits per heavy atom. The van der Waals surface area contributed by atoms with Crippen molar-refractivity contribution in [2.75, 3.05) is 39.8 Å². The fourth-order valence-electron chi connectivity index (χ4n) is 2.50. The first-order chi connectivity index (χ1) is 11.5. The maximum atomic E-state index is 12.0. The van der Waals surface area contributed by atoms with E-state index in [0.29, 0.717) is 39.1 Å². The predicted octanol–water partition coefficient (Wildman–Crippen LogP) is 0.237. The van der Waals surface area contributed by atoms with Gasteiger partial charge in [0.15, 0.2) is 5.76 Å². The highest BCUT2D eigenvalue weighted by atomic mass is 16.5. The summed E-state index contributed by atoms with van der Waals surface area (Å²) >= 11 is 0. The maximum Gasteiger partial charge on any atom is 0.407 e. The molecule has 1 unspecified atom stereocenters. The fraction of sp³-hybridized carbons (Fsp3) is 0.533. The minimum absolute atomic E-state index is 0.124. The van der Waals surface area contributed by atoms with E-state index in [4.69, 9.17) is 14.3 Å². The average molecular weight is 339 g/mol. The zero-order valence-corrected chi connectivity index (χ0v) is 13.4. The molecule has 1 aromatic heterocycles. The number of methoxy groups -OCH3 is 1. The zero-order chi connectivity index (χ0) is 17.5. The Bertz CT molecular complexity index is 566. The van der Waals surface area contributed by atoms with Gasteiger partial charge in [-0.15, -0.1) is 0 Å². The molecule has 2 heterocycles. The number of ether oxygens (including phenoxy) is 1. The molecule has 2 amide bonds. The van der Waals surface area contributed by atoms with Crippen LogP contribution in [0.3, 0.4) is 0 Å². The van der Waals surface area contributed by atoms with Gasteiger partial charge in [0.1, 0.15) is 6.04 Å². The van der Waals surface area contributed by atoms with Crippen molar-refractivity contribution < 1.29 is 28.6 Å². The van der Waals surface area contributed by atoms with Crippen LogP contribution >= 0.6 is 0 Å². The summed E-state index contributed by atoms with van der Waals surface area (Å²) in [6, 6.07) is 2.31. The Balaban J connectivity index is 1.85. The quantitative estimate of drug-likeness (QED) is 0.714. The number of amides is 2. The minimum Gasteiger partial charge on any atom is -0.467 e. The molecule has 1 atom stereocenters. The highest BCUT2D eigenvalue weighted by Crippen LogP contribution is 2.07. The van der Waals surface area contributed by atoms with Crippen molar-refractivity contribution in [1.29, 1.82) is 0 Å². The Morgan fingerprint density at radius 3 is 2.58 bits per heavy atom. The van der Waals surface area contributed by atoms with Gasteiger partial charge in [0.2, 0.25) is 0 Å². The molecule has 1 aliphatic rings. The van der Waals surface area contributed by atoms with Crippen LogP contribution in [-0.4, -0.2) is 78.8 Å². The lowest BCUT2D eigenvalue weighted by Crippen LogP contribution is -2.50. The Morgan fingerprint density at radius 1 is 1.33 bits per heavy atom. The van der Waals surface area contributed by atoms with Crippen LogP contribution in [0.15, 0.2) is 22.8 Å². The highest BCUT2D eigenvalue weighted by molar-refractivity contribution is 5.94. The standard InChI is InChI=1S/C15H21N3O6/c1-23-14(20)11(16-13(19)12-3-2-10-24-12)4-5-17-6-8-18(9-7-17)15(21)22/h2-3,10-11H,4-9H2,1H3,(H,16,19)(H,21,22). The molecular formula is C15H21N3O6. The molecule has 132 valence electrons. The Labute approximate surface area is 139 Å². The first-order valence-electron chi connectivity index (χ1n) is 7.63. The van der Waals surface area contributed by atoms with Gasteiger partial charge in [-0.25, -0.2) is 9.59 Å². The van der Waals surface area contributed by atoms with Crippen LogP contribution in [0.2, 0.25) is 0 Å². The third kappa shape index (κ3) is 4.72. The van der Waals surface area contributed by atoms with E-state index < -0.39 is 24.0 Å². The van der Waals surface area contributed by atoms with Crippen molar-refractivity contribution in [2.24, 2.45) is 0 Å². The van der Waals surface area contributed by atoms with Crippen molar-refractivity contribution in [3.05, 3.63) is 24.2 Å². The third-order valence-electron chi connectivity index (χ3n) is 3.91.